The maximum atomic E-state index is 11.9. The summed E-state index contributed by atoms with van der Waals surface area (Å²) in [7, 11) is 0. The van der Waals surface area contributed by atoms with Gasteiger partial charge in [0.15, 0.2) is 0 Å². The lowest BCUT2D eigenvalue weighted by molar-refractivity contribution is 0.0518. The molecule has 4 heteroatoms. The number of aliphatic hydroxyl groups is 1. The fourth-order valence-corrected chi connectivity index (χ4v) is 1.85. The number of hydrogen-bond donors (Lipinski definition) is 2. The Balaban J connectivity index is 2.71. The Morgan fingerprint density at radius 2 is 2.18 bits per heavy atom. The van der Waals surface area contributed by atoms with Gasteiger partial charge in [-0.25, -0.2) is 0 Å². The molecule has 1 atom stereocenters. The van der Waals surface area contributed by atoms with Crippen molar-refractivity contribution in [1.82, 2.24) is 5.32 Å². The van der Waals surface area contributed by atoms with E-state index in [2.05, 4.69) is 21.2 Å². The number of benzene rings is 1. The van der Waals surface area contributed by atoms with Gasteiger partial charge in [0.05, 0.1) is 5.60 Å². The molecule has 1 amide bonds. The van der Waals surface area contributed by atoms with Gasteiger partial charge >= 0.3 is 0 Å². The molecule has 0 fully saturated rings. The van der Waals surface area contributed by atoms with Gasteiger partial charge in [-0.15, -0.1) is 0 Å². The van der Waals surface area contributed by atoms with Crippen molar-refractivity contribution in [1.29, 1.82) is 0 Å². The second kappa shape index (κ2) is 5.65. The average molecular weight is 300 g/mol. The Morgan fingerprint density at radius 3 is 2.71 bits per heavy atom. The zero-order chi connectivity index (χ0) is 13.1. The van der Waals surface area contributed by atoms with Gasteiger partial charge < -0.3 is 10.4 Å². The van der Waals surface area contributed by atoms with Crippen LogP contribution in [0.1, 0.15) is 36.2 Å². The molecule has 0 bridgehead atoms. The predicted molar refractivity (Wildman–Crippen MR) is 72.1 cm³/mol. The summed E-state index contributed by atoms with van der Waals surface area (Å²) in [6, 6.07) is 5.50. The van der Waals surface area contributed by atoms with Gasteiger partial charge in [0, 0.05) is 16.6 Å². The molecule has 0 aliphatic heterocycles. The van der Waals surface area contributed by atoms with Gasteiger partial charge in [-0.05, 0) is 44.0 Å². The molecule has 1 rings (SSSR count). The highest BCUT2D eigenvalue weighted by Crippen LogP contribution is 2.16. The molecule has 0 aliphatic carbocycles. The quantitative estimate of drug-likeness (QED) is 0.898. The topological polar surface area (TPSA) is 49.3 Å². The predicted octanol–water partition coefficient (Wildman–Crippen LogP) is 2.65. The molecule has 0 heterocycles. The van der Waals surface area contributed by atoms with Crippen molar-refractivity contribution in [3.8, 4) is 0 Å². The molecule has 1 aromatic carbocycles. The number of carbonyl (C=O) groups is 1. The van der Waals surface area contributed by atoms with Crippen LogP contribution in [0.4, 0.5) is 0 Å². The van der Waals surface area contributed by atoms with Crippen LogP contribution in [0.3, 0.4) is 0 Å². The first kappa shape index (κ1) is 14.2. The standard InChI is InChI=1S/C13H18BrNO2/c1-4-13(3,17)8-15-12(16)11-6-5-10(14)7-9(11)2/h5-7,17H,4,8H2,1-3H3,(H,15,16). The molecule has 94 valence electrons. The summed E-state index contributed by atoms with van der Waals surface area (Å²) < 4.78 is 0.951. The zero-order valence-electron chi connectivity index (χ0n) is 10.4. The van der Waals surface area contributed by atoms with Crippen LogP contribution < -0.4 is 5.32 Å². The minimum absolute atomic E-state index is 0.149. The first-order chi connectivity index (χ1) is 7.85. The molecular formula is C13H18BrNO2. The van der Waals surface area contributed by atoms with E-state index in [4.69, 9.17) is 0 Å². The molecular weight excluding hydrogens is 282 g/mol. The van der Waals surface area contributed by atoms with Gasteiger partial charge in [0.1, 0.15) is 0 Å². The molecule has 0 radical (unpaired) electrons. The summed E-state index contributed by atoms with van der Waals surface area (Å²) in [5, 5.41) is 12.6. The highest BCUT2D eigenvalue weighted by molar-refractivity contribution is 9.10. The van der Waals surface area contributed by atoms with E-state index in [1.807, 2.05) is 26.0 Å². The fraction of sp³-hybridized carbons (Fsp3) is 0.462. The summed E-state index contributed by atoms with van der Waals surface area (Å²) in [4.78, 5) is 11.9. The molecule has 0 saturated carbocycles. The monoisotopic (exact) mass is 299 g/mol. The van der Waals surface area contributed by atoms with E-state index in [0.717, 1.165) is 10.0 Å². The van der Waals surface area contributed by atoms with E-state index in [-0.39, 0.29) is 12.5 Å². The molecule has 1 aromatic rings. The van der Waals surface area contributed by atoms with E-state index in [9.17, 15) is 9.90 Å². The largest absolute Gasteiger partial charge is 0.388 e. The van der Waals surface area contributed by atoms with Crippen LogP contribution in [0, 0.1) is 6.92 Å². The second-order valence-electron chi connectivity index (χ2n) is 4.49. The van der Waals surface area contributed by atoms with Gasteiger partial charge in [0.2, 0.25) is 0 Å². The van der Waals surface area contributed by atoms with Crippen molar-refractivity contribution in [2.75, 3.05) is 6.54 Å². The lowest BCUT2D eigenvalue weighted by atomic mass is 10.0. The number of aryl methyl sites for hydroxylation is 1. The molecule has 0 aliphatic rings. The normalized spacial score (nSPS) is 14.2. The molecule has 17 heavy (non-hydrogen) atoms. The second-order valence-corrected chi connectivity index (χ2v) is 5.41. The Kier molecular flexibility index (Phi) is 4.71. The Labute approximate surface area is 110 Å². The van der Waals surface area contributed by atoms with Crippen LogP contribution in [0.5, 0.6) is 0 Å². The number of nitrogens with one attached hydrogen (secondary N) is 1. The summed E-state index contributed by atoms with van der Waals surface area (Å²) in [5.74, 6) is -0.149. The maximum absolute atomic E-state index is 11.9. The van der Waals surface area contributed by atoms with Crippen molar-refractivity contribution >= 4 is 21.8 Å². The number of amides is 1. The van der Waals surface area contributed by atoms with Crippen LogP contribution in [-0.2, 0) is 0 Å². The van der Waals surface area contributed by atoms with Gasteiger partial charge in [-0.1, -0.05) is 22.9 Å². The number of halogens is 1. The van der Waals surface area contributed by atoms with Gasteiger partial charge in [-0.2, -0.15) is 0 Å². The van der Waals surface area contributed by atoms with E-state index < -0.39 is 5.60 Å². The first-order valence-electron chi connectivity index (χ1n) is 5.62. The van der Waals surface area contributed by atoms with Gasteiger partial charge in [-0.3, -0.25) is 4.79 Å². The SMILES string of the molecule is CCC(C)(O)CNC(=O)c1ccc(Br)cc1C. The minimum atomic E-state index is -0.848. The molecule has 3 nitrogen and oxygen atoms in total. The van der Waals surface area contributed by atoms with E-state index in [1.165, 1.54) is 0 Å². The molecule has 2 N–H and O–H groups in total. The van der Waals surface area contributed by atoms with Crippen molar-refractivity contribution in [3.05, 3.63) is 33.8 Å². The maximum Gasteiger partial charge on any atom is 0.251 e. The Bertz CT molecular complexity index is 416. The average Bonchev–Trinajstić information content (AvgIpc) is 2.26. The third kappa shape index (κ3) is 4.13. The van der Waals surface area contributed by atoms with Crippen LogP contribution in [0.15, 0.2) is 22.7 Å². The molecule has 0 aromatic heterocycles. The molecule has 0 spiro atoms. The molecule has 0 saturated heterocycles. The van der Waals surface area contributed by atoms with E-state index in [0.29, 0.717) is 12.0 Å². The lowest BCUT2D eigenvalue weighted by Crippen LogP contribution is -2.40. The van der Waals surface area contributed by atoms with Crippen LogP contribution >= 0.6 is 15.9 Å². The highest BCUT2D eigenvalue weighted by Gasteiger charge is 2.19. The van der Waals surface area contributed by atoms with Crippen molar-refractivity contribution in [3.63, 3.8) is 0 Å². The summed E-state index contributed by atoms with van der Waals surface area (Å²) in [5.41, 5.74) is 0.701. The van der Waals surface area contributed by atoms with E-state index >= 15 is 0 Å². The summed E-state index contributed by atoms with van der Waals surface area (Å²) in [6.07, 6.45) is 0.604. The third-order valence-electron chi connectivity index (χ3n) is 2.82. The van der Waals surface area contributed by atoms with Crippen molar-refractivity contribution < 1.29 is 9.90 Å². The zero-order valence-corrected chi connectivity index (χ0v) is 12.0. The summed E-state index contributed by atoms with van der Waals surface area (Å²) >= 11 is 3.36. The number of carbonyl (C=O) groups excluding carboxylic acids is 1. The Hall–Kier alpha value is -0.870. The van der Waals surface area contributed by atoms with Crippen molar-refractivity contribution in [2.24, 2.45) is 0 Å². The smallest absolute Gasteiger partial charge is 0.251 e. The van der Waals surface area contributed by atoms with Gasteiger partial charge in [0.25, 0.3) is 5.91 Å². The van der Waals surface area contributed by atoms with Crippen LogP contribution in [0.25, 0.3) is 0 Å². The fourth-order valence-electron chi connectivity index (χ4n) is 1.37. The first-order valence-corrected chi connectivity index (χ1v) is 6.42. The van der Waals surface area contributed by atoms with E-state index in [1.54, 1.807) is 13.0 Å². The molecule has 1 unspecified atom stereocenters. The summed E-state index contributed by atoms with van der Waals surface area (Å²) in [6.45, 7) is 5.74. The van der Waals surface area contributed by atoms with Crippen LogP contribution in [0.2, 0.25) is 0 Å². The third-order valence-corrected chi connectivity index (χ3v) is 3.32. The highest BCUT2D eigenvalue weighted by atomic mass is 79.9. The lowest BCUT2D eigenvalue weighted by Gasteiger charge is -2.21. The Morgan fingerprint density at radius 1 is 1.53 bits per heavy atom. The number of rotatable bonds is 4. The van der Waals surface area contributed by atoms with Crippen molar-refractivity contribution in [2.45, 2.75) is 32.8 Å². The number of hydrogen-bond acceptors (Lipinski definition) is 2. The van der Waals surface area contributed by atoms with Crippen LogP contribution in [-0.4, -0.2) is 23.2 Å². The minimum Gasteiger partial charge on any atom is -0.388 e.